The minimum absolute atomic E-state index is 0.108. The van der Waals surface area contributed by atoms with E-state index in [1.165, 1.54) is 4.90 Å². The molecule has 4 rings (SSSR count). The molecule has 0 fully saturated rings. The zero-order chi connectivity index (χ0) is 24.8. The van der Waals surface area contributed by atoms with Crippen molar-refractivity contribution in [1.82, 2.24) is 19.7 Å². The summed E-state index contributed by atoms with van der Waals surface area (Å²) in [5.74, 6) is -4.74. The van der Waals surface area contributed by atoms with Crippen LogP contribution < -0.4 is 5.32 Å². The van der Waals surface area contributed by atoms with Crippen molar-refractivity contribution in [2.75, 3.05) is 5.32 Å². The zero-order valence-electron chi connectivity index (χ0n) is 18.0. The molecule has 34 heavy (non-hydrogen) atoms. The summed E-state index contributed by atoms with van der Waals surface area (Å²) in [5.41, 5.74) is -3.27. The maximum atomic E-state index is 15.1. The Bertz CT molecular complexity index is 1160. The number of nitriles is 1. The van der Waals surface area contributed by atoms with Crippen LogP contribution in [0.2, 0.25) is 0 Å². The van der Waals surface area contributed by atoms with E-state index in [9.17, 15) is 23.1 Å². The summed E-state index contributed by atoms with van der Waals surface area (Å²) in [6, 6.07) is 1.45. The molecule has 0 unspecified atom stereocenters. The van der Waals surface area contributed by atoms with E-state index < -0.39 is 59.3 Å². The molecular formula is C21H21F5N6O2. The van der Waals surface area contributed by atoms with Gasteiger partial charge in [0, 0.05) is 30.6 Å². The van der Waals surface area contributed by atoms with Crippen molar-refractivity contribution < 1.29 is 31.9 Å². The number of nitrogens with zero attached hydrogens (tertiary/aromatic N) is 5. The minimum atomic E-state index is -3.37. The summed E-state index contributed by atoms with van der Waals surface area (Å²) in [6.45, 7) is 1.07. The highest BCUT2D eigenvalue weighted by Gasteiger charge is 2.48. The lowest BCUT2D eigenvalue weighted by molar-refractivity contribution is -0.0395. The molecule has 0 radical (unpaired) electrons. The van der Waals surface area contributed by atoms with Crippen molar-refractivity contribution in [2.45, 2.75) is 69.7 Å². The van der Waals surface area contributed by atoms with E-state index in [1.54, 1.807) is 6.92 Å². The number of aromatic nitrogens is 3. The van der Waals surface area contributed by atoms with Gasteiger partial charge in [-0.05, 0) is 19.4 Å². The SMILES string of the molecule is C[C@@H]1Cc2nn3c(c2CN1C(=O)Nc1ccnc(C(F)F)c1F)C(F)(F)CC[C@@](O)(CC#N)C3. The quantitative estimate of drug-likeness (QED) is 0.644. The van der Waals surface area contributed by atoms with Crippen molar-refractivity contribution in [3.63, 3.8) is 0 Å². The average Bonchev–Trinajstić information content (AvgIpc) is 3.05. The minimum Gasteiger partial charge on any atom is -0.387 e. The van der Waals surface area contributed by atoms with Crippen molar-refractivity contribution in [3.8, 4) is 6.07 Å². The molecule has 0 bridgehead atoms. The Balaban J connectivity index is 1.64. The summed E-state index contributed by atoms with van der Waals surface area (Å²) < 4.78 is 71.4. The largest absolute Gasteiger partial charge is 0.387 e. The molecule has 182 valence electrons. The second-order valence-corrected chi connectivity index (χ2v) is 8.66. The van der Waals surface area contributed by atoms with Gasteiger partial charge in [-0.25, -0.2) is 18.0 Å². The second-order valence-electron chi connectivity index (χ2n) is 8.66. The van der Waals surface area contributed by atoms with Crippen molar-refractivity contribution in [1.29, 1.82) is 5.26 Å². The number of fused-ring (bicyclic) bond motifs is 3. The summed E-state index contributed by atoms with van der Waals surface area (Å²) in [5, 5.41) is 26.1. The van der Waals surface area contributed by atoms with Crippen LogP contribution in [0.3, 0.4) is 0 Å². The fourth-order valence-corrected chi connectivity index (χ4v) is 4.44. The van der Waals surface area contributed by atoms with Crippen LogP contribution in [0.25, 0.3) is 0 Å². The monoisotopic (exact) mass is 484 g/mol. The Kier molecular flexibility index (Phi) is 5.97. The molecule has 13 heteroatoms. The lowest BCUT2D eigenvalue weighted by Crippen LogP contribution is -2.45. The van der Waals surface area contributed by atoms with Gasteiger partial charge in [0.2, 0.25) is 0 Å². The maximum absolute atomic E-state index is 15.1. The Labute approximate surface area is 191 Å². The Morgan fingerprint density at radius 2 is 2.15 bits per heavy atom. The van der Waals surface area contributed by atoms with Crippen LogP contribution >= 0.6 is 0 Å². The molecule has 0 aliphatic carbocycles. The summed E-state index contributed by atoms with van der Waals surface area (Å²) >= 11 is 0. The number of nitrogens with one attached hydrogen (secondary N) is 1. The third-order valence-electron chi connectivity index (χ3n) is 6.21. The number of aliphatic hydroxyl groups is 1. The van der Waals surface area contributed by atoms with Gasteiger partial charge in [-0.2, -0.15) is 19.1 Å². The van der Waals surface area contributed by atoms with E-state index in [-0.39, 0.29) is 37.9 Å². The fourth-order valence-electron chi connectivity index (χ4n) is 4.44. The number of anilines is 1. The number of carbonyl (C=O) groups excluding carboxylic acids is 1. The molecule has 4 heterocycles. The number of urea groups is 1. The molecule has 2 aliphatic heterocycles. The van der Waals surface area contributed by atoms with Crippen LogP contribution in [-0.2, 0) is 25.4 Å². The Morgan fingerprint density at radius 3 is 2.82 bits per heavy atom. The van der Waals surface area contributed by atoms with Crippen LogP contribution in [0.5, 0.6) is 0 Å². The van der Waals surface area contributed by atoms with Gasteiger partial charge in [0.05, 0.1) is 42.6 Å². The van der Waals surface area contributed by atoms with Gasteiger partial charge in [0.25, 0.3) is 12.3 Å². The summed E-state index contributed by atoms with van der Waals surface area (Å²) in [6.07, 6.45) is -3.49. The van der Waals surface area contributed by atoms with Gasteiger partial charge in [0.1, 0.15) is 11.4 Å². The number of pyridine rings is 1. The highest BCUT2D eigenvalue weighted by atomic mass is 19.3. The third kappa shape index (κ3) is 4.18. The summed E-state index contributed by atoms with van der Waals surface area (Å²) in [4.78, 5) is 17.3. The van der Waals surface area contributed by atoms with Crippen molar-refractivity contribution >= 4 is 11.7 Å². The lowest BCUT2D eigenvalue weighted by Gasteiger charge is -2.33. The molecular weight excluding hydrogens is 463 g/mol. The van der Waals surface area contributed by atoms with Crippen molar-refractivity contribution in [2.24, 2.45) is 0 Å². The van der Waals surface area contributed by atoms with Gasteiger partial charge in [-0.1, -0.05) is 0 Å². The van der Waals surface area contributed by atoms with E-state index in [0.717, 1.165) is 16.9 Å². The number of hydrogen-bond acceptors (Lipinski definition) is 5. The van der Waals surface area contributed by atoms with Crippen LogP contribution in [0, 0.1) is 17.1 Å². The molecule has 0 saturated carbocycles. The van der Waals surface area contributed by atoms with Gasteiger partial charge in [-0.3, -0.25) is 9.67 Å². The molecule has 2 amide bonds. The van der Waals surface area contributed by atoms with Gasteiger partial charge < -0.3 is 15.3 Å². The Hall–Kier alpha value is -3.27. The highest BCUT2D eigenvalue weighted by Crippen LogP contribution is 2.43. The van der Waals surface area contributed by atoms with E-state index in [1.807, 2.05) is 6.07 Å². The fraction of sp³-hybridized carbons (Fsp3) is 0.524. The molecule has 2 N–H and O–H groups in total. The van der Waals surface area contributed by atoms with Gasteiger partial charge in [0.15, 0.2) is 5.82 Å². The number of alkyl halides is 4. The maximum Gasteiger partial charge on any atom is 0.322 e. The van der Waals surface area contributed by atoms with Gasteiger partial charge in [-0.15, -0.1) is 0 Å². The predicted molar refractivity (Wildman–Crippen MR) is 107 cm³/mol. The molecule has 2 aromatic rings. The predicted octanol–water partition coefficient (Wildman–Crippen LogP) is 3.86. The van der Waals surface area contributed by atoms with Crippen LogP contribution in [-0.4, -0.2) is 42.4 Å². The normalized spacial score (nSPS) is 23.6. The average molecular weight is 484 g/mol. The first kappa shape index (κ1) is 23.9. The van der Waals surface area contributed by atoms with Gasteiger partial charge >= 0.3 is 6.03 Å². The first-order valence-corrected chi connectivity index (χ1v) is 10.5. The van der Waals surface area contributed by atoms with E-state index in [0.29, 0.717) is 5.69 Å². The number of carbonyl (C=O) groups is 1. The molecule has 2 atom stereocenters. The third-order valence-corrected chi connectivity index (χ3v) is 6.21. The first-order valence-electron chi connectivity index (χ1n) is 10.5. The lowest BCUT2D eigenvalue weighted by atomic mass is 9.92. The number of halogens is 5. The number of rotatable bonds is 3. The van der Waals surface area contributed by atoms with E-state index in [2.05, 4.69) is 15.4 Å². The number of hydrogen-bond donors (Lipinski definition) is 2. The van der Waals surface area contributed by atoms with Crippen LogP contribution in [0.15, 0.2) is 12.3 Å². The smallest absolute Gasteiger partial charge is 0.322 e. The Morgan fingerprint density at radius 1 is 1.41 bits per heavy atom. The second kappa shape index (κ2) is 8.50. The molecule has 0 aromatic carbocycles. The standard InChI is InChI=1S/C21H21F5N6O2/c1-11-8-14-12(17-21(25,26)4-3-20(34,5-6-27)10-32(17)30-14)9-31(11)19(33)29-13-2-7-28-16(15(13)22)18(23)24/h2,7,11,18,34H,3-5,8-10H2,1H3,(H,28,29,33)/t11-,20-/m1/s1. The van der Waals surface area contributed by atoms with E-state index >= 15 is 8.78 Å². The highest BCUT2D eigenvalue weighted by molar-refractivity contribution is 5.90. The molecule has 2 aromatic heterocycles. The van der Waals surface area contributed by atoms with Crippen LogP contribution in [0.4, 0.5) is 32.4 Å². The molecule has 0 saturated heterocycles. The molecule has 8 nitrogen and oxygen atoms in total. The van der Waals surface area contributed by atoms with Crippen molar-refractivity contribution in [3.05, 3.63) is 40.7 Å². The molecule has 2 aliphatic rings. The van der Waals surface area contributed by atoms with E-state index in [4.69, 9.17) is 5.26 Å². The summed E-state index contributed by atoms with van der Waals surface area (Å²) in [7, 11) is 0. The molecule has 0 spiro atoms. The first-order chi connectivity index (χ1) is 16.0. The topological polar surface area (TPSA) is 107 Å². The zero-order valence-corrected chi connectivity index (χ0v) is 18.0. The number of amides is 2. The van der Waals surface area contributed by atoms with Crippen LogP contribution in [0.1, 0.15) is 55.3 Å².